The fourth-order valence-corrected chi connectivity index (χ4v) is 2.32. The van der Waals surface area contributed by atoms with Crippen LogP contribution in [-0.4, -0.2) is 16.5 Å². The zero-order chi connectivity index (χ0) is 13.4. The summed E-state index contributed by atoms with van der Waals surface area (Å²) in [5.74, 6) is 1.41. The summed E-state index contributed by atoms with van der Waals surface area (Å²) in [4.78, 5) is 4.61. The second kappa shape index (κ2) is 4.31. The molecule has 3 aromatic rings. The molecule has 2 aromatic heterocycles. The van der Waals surface area contributed by atoms with Crippen molar-refractivity contribution in [1.29, 1.82) is 0 Å². The molecule has 0 saturated carbocycles. The lowest BCUT2D eigenvalue weighted by molar-refractivity contribution is 0.416. The maximum atomic E-state index is 6.24. The number of nitrogens with two attached hydrogens (primary N) is 1. The van der Waals surface area contributed by atoms with Gasteiger partial charge in [0.15, 0.2) is 0 Å². The normalized spacial score (nSPS) is 10.8. The van der Waals surface area contributed by atoms with Crippen molar-refractivity contribution in [1.82, 2.24) is 9.38 Å². The van der Waals surface area contributed by atoms with Crippen LogP contribution in [0.2, 0.25) is 0 Å². The minimum Gasteiger partial charge on any atom is -0.496 e. The lowest BCUT2D eigenvalue weighted by Crippen LogP contribution is -1.97. The predicted molar refractivity (Wildman–Crippen MR) is 76.3 cm³/mol. The van der Waals surface area contributed by atoms with Crippen molar-refractivity contribution in [2.75, 3.05) is 12.8 Å². The third-order valence-electron chi connectivity index (χ3n) is 3.24. The maximum absolute atomic E-state index is 6.24. The summed E-state index contributed by atoms with van der Waals surface area (Å²) in [6.45, 7) is 2.01. The molecule has 19 heavy (non-hydrogen) atoms. The molecular weight excluding hydrogens is 238 g/mol. The number of fused-ring (bicyclic) bond motifs is 1. The summed E-state index contributed by atoms with van der Waals surface area (Å²) >= 11 is 0. The minimum absolute atomic E-state index is 0.637. The Balaban J connectivity index is 2.32. The van der Waals surface area contributed by atoms with Crippen molar-refractivity contribution < 1.29 is 4.74 Å². The van der Waals surface area contributed by atoms with E-state index in [4.69, 9.17) is 10.5 Å². The van der Waals surface area contributed by atoms with E-state index in [1.54, 1.807) is 7.11 Å². The largest absolute Gasteiger partial charge is 0.496 e. The molecule has 0 atom stereocenters. The second-order valence-corrected chi connectivity index (χ2v) is 4.41. The minimum atomic E-state index is 0.637. The van der Waals surface area contributed by atoms with E-state index in [0.717, 1.165) is 28.3 Å². The molecule has 0 aliphatic heterocycles. The predicted octanol–water partition coefficient (Wildman–Crippen LogP) is 2.90. The fourth-order valence-electron chi connectivity index (χ4n) is 2.32. The van der Waals surface area contributed by atoms with Gasteiger partial charge in [-0.25, -0.2) is 4.98 Å². The Hall–Kier alpha value is -2.49. The molecule has 0 spiro atoms. The standard InChI is InChI=1S/C15H15N3O/c1-10-6-5-9-13-17-14(15(16)18(10)13)11-7-3-4-8-12(11)19-2/h3-9H,16H2,1-2H3. The van der Waals surface area contributed by atoms with Crippen LogP contribution in [0.15, 0.2) is 42.5 Å². The number of rotatable bonds is 2. The zero-order valence-electron chi connectivity index (χ0n) is 10.9. The maximum Gasteiger partial charge on any atom is 0.139 e. The van der Waals surface area contributed by atoms with Gasteiger partial charge in [0.25, 0.3) is 0 Å². The van der Waals surface area contributed by atoms with Crippen LogP contribution in [-0.2, 0) is 0 Å². The van der Waals surface area contributed by atoms with Crippen LogP contribution < -0.4 is 10.5 Å². The molecule has 2 heterocycles. The quantitative estimate of drug-likeness (QED) is 0.764. The van der Waals surface area contributed by atoms with E-state index in [1.807, 2.05) is 53.8 Å². The first-order valence-electron chi connectivity index (χ1n) is 6.09. The van der Waals surface area contributed by atoms with Crippen LogP contribution in [0.5, 0.6) is 5.75 Å². The number of methoxy groups -OCH3 is 1. The van der Waals surface area contributed by atoms with Gasteiger partial charge in [0.2, 0.25) is 0 Å². The number of ether oxygens (including phenoxy) is 1. The molecule has 0 unspecified atom stereocenters. The Kier molecular flexibility index (Phi) is 2.63. The van der Waals surface area contributed by atoms with Crippen LogP contribution in [0.25, 0.3) is 16.9 Å². The molecule has 0 saturated heterocycles. The van der Waals surface area contributed by atoms with Gasteiger partial charge < -0.3 is 10.5 Å². The van der Waals surface area contributed by atoms with Crippen LogP contribution in [0.3, 0.4) is 0 Å². The number of nitrogens with zero attached hydrogens (tertiary/aromatic N) is 2. The number of nitrogen functional groups attached to an aromatic ring is 1. The third-order valence-corrected chi connectivity index (χ3v) is 3.24. The molecule has 1 aromatic carbocycles. The number of para-hydroxylation sites is 1. The highest BCUT2D eigenvalue weighted by molar-refractivity contribution is 5.79. The van der Waals surface area contributed by atoms with E-state index in [9.17, 15) is 0 Å². The van der Waals surface area contributed by atoms with Gasteiger partial charge in [-0.05, 0) is 31.2 Å². The number of aromatic nitrogens is 2. The first kappa shape index (κ1) is 11.6. The average Bonchev–Trinajstić information content (AvgIpc) is 2.77. The first-order valence-corrected chi connectivity index (χ1v) is 6.09. The molecule has 0 amide bonds. The number of imidazole rings is 1. The van der Waals surface area contributed by atoms with Gasteiger partial charge >= 0.3 is 0 Å². The zero-order valence-corrected chi connectivity index (χ0v) is 10.9. The van der Waals surface area contributed by atoms with Crippen molar-refractivity contribution in [2.24, 2.45) is 0 Å². The highest BCUT2D eigenvalue weighted by atomic mass is 16.5. The molecule has 0 aliphatic carbocycles. The summed E-state index contributed by atoms with van der Waals surface area (Å²) in [6.07, 6.45) is 0. The van der Waals surface area contributed by atoms with Gasteiger partial charge in [0.1, 0.15) is 22.9 Å². The van der Waals surface area contributed by atoms with Crippen LogP contribution in [0.1, 0.15) is 5.69 Å². The van der Waals surface area contributed by atoms with E-state index in [0.29, 0.717) is 5.82 Å². The number of hydrogen-bond donors (Lipinski definition) is 1. The molecule has 3 rings (SSSR count). The van der Waals surface area contributed by atoms with Gasteiger partial charge in [-0.1, -0.05) is 18.2 Å². The Labute approximate surface area is 111 Å². The highest BCUT2D eigenvalue weighted by Gasteiger charge is 2.15. The molecule has 4 nitrogen and oxygen atoms in total. The molecule has 0 radical (unpaired) electrons. The summed E-state index contributed by atoms with van der Waals surface area (Å²) in [6, 6.07) is 13.7. The van der Waals surface area contributed by atoms with E-state index in [1.165, 1.54) is 0 Å². The van der Waals surface area contributed by atoms with Crippen molar-refractivity contribution in [3.8, 4) is 17.0 Å². The second-order valence-electron chi connectivity index (χ2n) is 4.41. The molecule has 0 bridgehead atoms. The molecule has 96 valence electrons. The van der Waals surface area contributed by atoms with Gasteiger partial charge in [-0.15, -0.1) is 0 Å². The monoisotopic (exact) mass is 253 g/mol. The Bertz CT molecular complexity index is 746. The van der Waals surface area contributed by atoms with Gasteiger partial charge in [0.05, 0.1) is 7.11 Å². The lowest BCUT2D eigenvalue weighted by atomic mass is 10.1. The summed E-state index contributed by atoms with van der Waals surface area (Å²) in [5.41, 5.74) is 9.81. The van der Waals surface area contributed by atoms with Crippen LogP contribution >= 0.6 is 0 Å². The Morgan fingerprint density at radius 1 is 1.11 bits per heavy atom. The summed E-state index contributed by atoms with van der Waals surface area (Å²) in [5, 5.41) is 0. The number of aryl methyl sites for hydroxylation is 1. The molecular formula is C15H15N3O. The average molecular weight is 253 g/mol. The Morgan fingerprint density at radius 2 is 1.89 bits per heavy atom. The van der Waals surface area contributed by atoms with Crippen LogP contribution in [0.4, 0.5) is 5.82 Å². The van der Waals surface area contributed by atoms with Crippen LogP contribution in [0, 0.1) is 6.92 Å². The van der Waals surface area contributed by atoms with Gasteiger partial charge in [0, 0.05) is 11.3 Å². The van der Waals surface area contributed by atoms with Crippen molar-refractivity contribution in [2.45, 2.75) is 6.92 Å². The lowest BCUT2D eigenvalue weighted by Gasteiger charge is -2.06. The van der Waals surface area contributed by atoms with E-state index >= 15 is 0 Å². The van der Waals surface area contributed by atoms with Crippen molar-refractivity contribution in [3.05, 3.63) is 48.2 Å². The van der Waals surface area contributed by atoms with Gasteiger partial charge in [-0.2, -0.15) is 0 Å². The summed E-state index contributed by atoms with van der Waals surface area (Å²) < 4.78 is 7.32. The topological polar surface area (TPSA) is 52.5 Å². The highest BCUT2D eigenvalue weighted by Crippen LogP contribution is 2.33. The fraction of sp³-hybridized carbons (Fsp3) is 0.133. The van der Waals surface area contributed by atoms with Gasteiger partial charge in [-0.3, -0.25) is 4.40 Å². The molecule has 0 fully saturated rings. The number of pyridine rings is 1. The molecule has 4 heteroatoms. The van der Waals surface area contributed by atoms with Crippen molar-refractivity contribution >= 4 is 11.5 Å². The van der Waals surface area contributed by atoms with Crippen molar-refractivity contribution in [3.63, 3.8) is 0 Å². The van der Waals surface area contributed by atoms with E-state index in [-0.39, 0.29) is 0 Å². The third kappa shape index (κ3) is 1.73. The van der Waals surface area contributed by atoms with E-state index < -0.39 is 0 Å². The molecule has 0 aliphatic rings. The number of anilines is 1. The first-order chi connectivity index (χ1) is 9.22. The number of hydrogen-bond acceptors (Lipinski definition) is 3. The molecule has 2 N–H and O–H groups in total. The van der Waals surface area contributed by atoms with E-state index in [2.05, 4.69) is 4.98 Å². The smallest absolute Gasteiger partial charge is 0.139 e. The Morgan fingerprint density at radius 3 is 2.63 bits per heavy atom. The number of benzene rings is 1. The summed E-state index contributed by atoms with van der Waals surface area (Å²) in [7, 11) is 1.65. The SMILES string of the molecule is COc1ccccc1-c1nc2cccc(C)n2c1N.